The second-order valence-corrected chi connectivity index (χ2v) is 1.33. The zero-order valence-electron chi connectivity index (χ0n) is 4.05. The fourth-order valence-electron chi connectivity index (χ4n) is 0.455. The summed E-state index contributed by atoms with van der Waals surface area (Å²) in [6, 6.07) is 3.77. The fraction of sp³-hybridized carbons (Fsp3) is 0.167. The molecule has 1 heteroatoms. The highest BCUT2D eigenvalue weighted by atomic mass is 16.3. The van der Waals surface area contributed by atoms with Crippen molar-refractivity contribution < 1.29 is 4.42 Å². The molecule has 0 aliphatic heterocycles. The summed E-state index contributed by atoms with van der Waals surface area (Å²) >= 11 is 0. The molecular formula is C6H7O. The van der Waals surface area contributed by atoms with Gasteiger partial charge in [-0.25, -0.2) is 0 Å². The van der Waals surface area contributed by atoms with E-state index in [1.54, 1.807) is 6.26 Å². The Labute approximate surface area is 43.0 Å². The predicted molar refractivity (Wildman–Crippen MR) is 27.8 cm³/mol. The standard InChI is InChI=1S/C6H7O/c1-2-6-4-3-5-7-6/h3-5H,1-2H2. The van der Waals surface area contributed by atoms with Crippen LogP contribution >= 0.6 is 0 Å². The fourth-order valence-corrected chi connectivity index (χ4v) is 0.455. The van der Waals surface area contributed by atoms with E-state index in [2.05, 4.69) is 6.92 Å². The van der Waals surface area contributed by atoms with Gasteiger partial charge in [-0.2, -0.15) is 0 Å². The minimum atomic E-state index is 0.743. The quantitative estimate of drug-likeness (QED) is 0.517. The maximum atomic E-state index is 4.92. The lowest BCUT2D eigenvalue weighted by Gasteiger charge is -1.79. The van der Waals surface area contributed by atoms with Gasteiger partial charge >= 0.3 is 0 Å². The second kappa shape index (κ2) is 1.82. The molecule has 0 aliphatic carbocycles. The largest absolute Gasteiger partial charge is 0.469 e. The Bertz CT molecular complexity index is 119. The molecule has 0 spiro atoms. The Kier molecular flexibility index (Phi) is 1.16. The Hall–Kier alpha value is -0.720. The predicted octanol–water partition coefficient (Wildman–Crippen LogP) is 1.66. The minimum absolute atomic E-state index is 0.743. The van der Waals surface area contributed by atoms with Crippen molar-refractivity contribution in [1.29, 1.82) is 0 Å². The summed E-state index contributed by atoms with van der Waals surface area (Å²) in [6.45, 7) is 3.63. The van der Waals surface area contributed by atoms with Crippen LogP contribution in [0.1, 0.15) is 5.76 Å². The third-order valence-electron chi connectivity index (χ3n) is 0.827. The molecular weight excluding hydrogens is 88.1 g/mol. The maximum absolute atomic E-state index is 4.92. The van der Waals surface area contributed by atoms with E-state index in [4.69, 9.17) is 4.42 Å². The summed E-state index contributed by atoms with van der Waals surface area (Å²) in [5, 5.41) is 0. The normalized spacial score (nSPS) is 9.29. The van der Waals surface area contributed by atoms with Crippen LogP contribution in [0.3, 0.4) is 0 Å². The van der Waals surface area contributed by atoms with Crippen LogP contribution in [-0.2, 0) is 6.42 Å². The van der Waals surface area contributed by atoms with Gasteiger partial charge in [0, 0.05) is 6.42 Å². The molecule has 0 unspecified atom stereocenters. The molecule has 0 saturated carbocycles. The van der Waals surface area contributed by atoms with Crippen molar-refractivity contribution in [3.8, 4) is 0 Å². The molecule has 0 bridgehead atoms. The average Bonchev–Trinajstić information content (AvgIpc) is 2.14. The average molecular weight is 95.1 g/mol. The topological polar surface area (TPSA) is 13.1 Å². The van der Waals surface area contributed by atoms with Crippen LogP contribution in [0.5, 0.6) is 0 Å². The Morgan fingerprint density at radius 1 is 1.71 bits per heavy atom. The highest BCUT2D eigenvalue weighted by Gasteiger charge is 1.84. The van der Waals surface area contributed by atoms with E-state index in [9.17, 15) is 0 Å². The highest BCUT2D eigenvalue weighted by molar-refractivity contribution is 4.98. The van der Waals surface area contributed by atoms with E-state index < -0.39 is 0 Å². The second-order valence-electron chi connectivity index (χ2n) is 1.33. The molecule has 1 aromatic heterocycles. The van der Waals surface area contributed by atoms with E-state index in [0.717, 1.165) is 12.2 Å². The first-order valence-corrected chi connectivity index (χ1v) is 2.25. The molecule has 37 valence electrons. The molecule has 0 aromatic carbocycles. The number of hydrogen-bond donors (Lipinski definition) is 0. The summed E-state index contributed by atoms with van der Waals surface area (Å²) in [5.41, 5.74) is 0. The molecule has 0 fully saturated rings. The summed E-state index contributed by atoms with van der Waals surface area (Å²) in [5.74, 6) is 0.944. The van der Waals surface area contributed by atoms with E-state index in [1.165, 1.54) is 0 Å². The van der Waals surface area contributed by atoms with Crippen molar-refractivity contribution in [2.75, 3.05) is 0 Å². The molecule has 1 nitrogen and oxygen atoms in total. The molecule has 1 heterocycles. The lowest BCUT2D eigenvalue weighted by Crippen LogP contribution is -1.67. The van der Waals surface area contributed by atoms with Crippen molar-refractivity contribution in [3.05, 3.63) is 31.1 Å². The number of rotatable bonds is 1. The van der Waals surface area contributed by atoms with Crippen LogP contribution in [-0.4, -0.2) is 0 Å². The molecule has 1 rings (SSSR count). The molecule has 0 aliphatic rings. The van der Waals surface area contributed by atoms with Gasteiger partial charge in [-0.15, -0.1) is 0 Å². The molecule has 1 aromatic rings. The summed E-state index contributed by atoms with van der Waals surface area (Å²) < 4.78 is 4.92. The summed E-state index contributed by atoms with van der Waals surface area (Å²) in [4.78, 5) is 0. The van der Waals surface area contributed by atoms with Gasteiger partial charge in [0.2, 0.25) is 0 Å². The third-order valence-corrected chi connectivity index (χ3v) is 0.827. The van der Waals surface area contributed by atoms with Crippen molar-refractivity contribution in [2.24, 2.45) is 0 Å². The van der Waals surface area contributed by atoms with Crippen LogP contribution < -0.4 is 0 Å². The van der Waals surface area contributed by atoms with E-state index in [-0.39, 0.29) is 0 Å². The smallest absolute Gasteiger partial charge is 0.103 e. The first-order valence-electron chi connectivity index (χ1n) is 2.25. The lowest BCUT2D eigenvalue weighted by atomic mass is 10.4. The van der Waals surface area contributed by atoms with Crippen LogP contribution in [0.2, 0.25) is 0 Å². The highest BCUT2D eigenvalue weighted by Crippen LogP contribution is 1.97. The summed E-state index contributed by atoms with van der Waals surface area (Å²) in [7, 11) is 0. The zero-order valence-corrected chi connectivity index (χ0v) is 4.05. The number of hydrogen-bond acceptors (Lipinski definition) is 1. The van der Waals surface area contributed by atoms with E-state index in [1.807, 2.05) is 12.1 Å². The Balaban J connectivity index is 2.76. The SMILES string of the molecule is [CH2]Cc1ccco1. The van der Waals surface area contributed by atoms with Crippen LogP contribution in [0.15, 0.2) is 22.8 Å². The van der Waals surface area contributed by atoms with Gasteiger partial charge in [-0.1, -0.05) is 0 Å². The van der Waals surface area contributed by atoms with Crippen LogP contribution in [0.4, 0.5) is 0 Å². The first-order chi connectivity index (χ1) is 3.43. The molecule has 0 amide bonds. The molecule has 0 N–H and O–H groups in total. The van der Waals surface area contributed by atoms with E-state index in [0.29, 0.717) is 0 Å². The van der Waals surface area contributed by atoms with Gasteiger partial charge in [0.05, 0.1) is 6.26 Å². The molecule has 0 atom stereocenters. The first kappa shape index (κ1) is 4.44. The minimum Gasteiger partial charge on any atom is -0.469 e. The van der Waals surface area contributed by atoms with Crippen molar-refractivity contribution in [2.45, 2.75) is 6.42 Å². The van der Waals surface area contributed by atoms with Gasteiger partial charge in [0.25, 0.3) is 0 Å². The lowest BCUT2D eigenvalue weighted by molar-refractivity contribution is 0.522. The Morgan fingerprint density at radius 3 is 2.86 bits per heavy atom. The monoisotopic (exact) mass is 95.0 g/mol. The van der Waals surface area contributed by atoms with Crippen molar-refractivity contribution in [1.82, 2.24) is 0 Å². The molecule has 1 radical (unpaired) electrons. The van der Waals surface area contributed by atoms with Gasteiger partial charge in [0.15, 0.2) is 0 Å². The van der Waals surface area contributed by atoms with Gasteiger partial charge in [-0.05, 0) is 19.1 Å². The van der Waals surface area contributed by atoms with Crippen LogP contribution in [0, 0.1) is 6.92 Å². The van der Waals surface area contributed by atoms with Crippen LogP contribution in [0.25, 0.3) is 0 Å². The van der Waals surface area contributed by atoms with Crippen molar-refractivity contribution >= 4 is 0 Å². The zero-order chi connectivity index (χ0) is 5.11. The third kappa shape index (κ3) is 0.829. The summed E-state index contributed by atoms with van der Waals surface area (Å²) in [6.07, 6.45) is 2.40. The van der Waals surface area contributed by atoms with Gasteiger partial charge in [0.1, 0.15) is 5.76 Å². The molecule has 0 saturated heterocycles. The number of furan rings is 1. The van der Waals surface area contributed by atoms with E-state index >= 15 is 0 Å². The van der Waals surface area contributed by atoms with Crippen molar-refractivity contribution in [3.63, 3.8) is 0 Å². The molecule has 7 heavy (non-hydrogen) atoms. The van der Waals surface area contributed by atoms with Gasteiger partial charge in [-0.3, -0.25) is 0 Å². The maximum Gasteiger partial charge on any atom is 0.103 e. The Morgan fingerprint density at radius 2 is 2.57 bits per heavy atom. The van der Waals surface area contributed by atoms with Gasteiger partial charge < -0.3 is 4.42 Å².